The molecule has 318 valence electrons. The van der Waals surface area contributed by atoms with Gasteiger partial charge in [0.05, 0.1) is 6.04 Å². The fraction of sp³-hybridized carbons (Fsp3) is 0.419. The van der Waals surface area contributed by atoms with Gasteiger partial charge in [-0.2, -0.15) is 0 Å². The summed E-state index contributed by atoms with van der Waals surface area (Å²) in [4.78, 5) is 88.6. The van der Waals surface area contributed by atoms with Crippen LogP contribution in [0.2, 0.25) is 0 Å². The molecule has 0 aromatic heterocycles. The predicted octanol–water partition coefficient (Wildman–Crippen LogP) is 3.81. The first kappa shape index (κ1) is 46.9. The van der Waals surface area contributed by atoms with Crippen molar-refractivity contribution >= 4 is 41.7 Å². The van der Waals surface area contributed by atoms with E-state index in [2.05, 4.69) is 26.6 Å². The van der Waals surface area contributed by atoms with E-state index >= 15 is 0 Å². The molecule has 0 unspecified atom stereocenters. The zero-order valence-electron chi connectivity index (χ0n) is 33.7. The highest BCUT2D eigenvalue weighted by Gasteiger charge is 2.29. The molecule has 0 bridgehead atoms. The summed E-state index contributed by atoms with van der Waals surface area (Å²) in [5.41, 5.74) is 1.35. The van der Waals surface area contributed by atoms with Gasteiger partial charge in [0, 0.05) is 25.8 Å². The molecule has 59 heavy (non-hydrogen) atoms. The van der Waals surface area contributed by atoms with E-state index in [0.29, 0.717) is 31.2 Å². The number of carbonyl (C=O) groups excluding carboxylic acids is 6. The van der Waals surface area contributed by atoms with Crippen LogP contribution in [0.1, 0.15) is 88.4 Å². The molecule has 0 aliphatic carbocycles. The SMILES string of the molecule is CC(C)(C)OC(=O)N[C@@H](Cc1ccc(O)cc1)C(=O)N[C@@H](CCCCNC(=O)CCCCC(=O)O)C(=O)NCC(=O)OCC(=O)NC(c1ccccc1)c1ccccc1. The molecule has 7 N–H and O–H groups in total. The van der Waals surface area contributed by atoms with E-state index in [9.17, 15) is 38.7 Å². The minimum absolute atomic E-state index is 0.00341. The molecule has 0 aliphatic rings. The number of alkyl carbamates (subject to hydrolysis) is 1. The van der Waals surface area contributed by atoms with Crippen molar-refractivity contribution in [3.05, 3.63) is 102 Å². The van der Waals surface area contributed by atoms with E-state index in [0.717, 1.165) is 11.1 Å². The Morgan fingerprint density at radius 2 is 1.27 bits per heavy atom. The van der Waals surface area contributed by atoms with Gasteiger partial charge in [0.15, 0.2) is 6.61 Å². The second-order valence-electron chi connectivity index (χ2n) is 14.8. The van der Waals surface area contributed by atoms with Gasteiger partial charge < -0.3 is 46.3 Å². The summed E-state index contributed by atoms with van der Waals surface area (Å²) < 4.78 is 10.5. The first-order chi connectivity index (χ1) is 28.1. The van der Waals surface area contributed by atoms with Gasteiger partial charge in [0.1, 0.15) is 30.0 Å². The van der Waals surface area contributed by atoms with Crippen LogP contribution in [0.4, 0.5) is 4.79 Å². The fourth-order valence-corrected chi connectivity index (χ4v) is 5.75. The highest BCUT2D eigenvalue weighted by atomic mass is 16.6. The summed E-state index contributed by atoms with van der Waals surface area (Å²) in [5, 5.41) is 31.8. The number of carbonyl (C=O) groups is 7. The molecular weight excluding hydrogens is 762 g/mol. The number of hydrogen-bond acceptors (Lipinski definition) is 10. The lowest BCUT2D eigenvalue weighted by molar-refractivity contribution is -0.148. The quantitative estimate of drug-likeness (QED) is 0.0537. The summed E-state index contributed by atoms with van der Waals surface area (Å²) in [6.45, 7) is 4.00. The van der Waals surface area contributed by atoms with Crippen LogP contribution in [0.15, 0.2) is 84.9 Å². The van der Waals surface area contributed by atoms with Crippen LogP contribution in [0.25, 0.3) is 0 Å². The van der Waals surface area contributed by atoms with Crippen LogP contribution in [0.3, 0.4) is 0 Å². The Kier molecular flexibility index (Phi) is 19.4. The molecule has 16 nitrogen and oxygen atoms in total. The number of esters is 1. The van der Waals surface area contributed by atoms with Gasteiger partial charge in [-0.3, -0.25) is 28.8 Å². The van der Waals surface area contributed by atoms with Gasteiger partial charge >= 0.3 is 18.0 Å². The molecule has 0 saturated carbocycles. The average molecular weight is 818 g/mol. The summed E-state index contributed by atoms with van der Waals surface area (Å²) in [7, 11) is 0. The zero-order valence-corrected chi connectivity index (χ0v) is 33.7. The fourth-order valence-electron chi connectivity index (χ4n) is 5.75. The van der Waals surface area contributed by atoms with Crippen molar-refractivity contribution in [2.75, 3.05) is 19.7 Å². The lowest BCUT2D eigenvalue weighted by atomic mass is 9.99. The third kappa shape index (κ3) is 19.0. The maximum Gasteiger partial charge on any atom is 0.408 e. The number of hydrogen-bond donors (Lipinski definition) is 7. The summed E-state index contributed by atoms with van der Waals surface area (Å²) in [6.07, 6.45) is 0.865. The number of ether oxygens (including phenoxy) is 2. The minimum atomic E-state index is -1.22. The van der Waals surface area contributed by atoms with Crippen molar-refractivity contribution in [3.63, 3.8) is 0 Å². The van der Waals surface area contributed by atoms with Crippen molar-refractivity contribution in [1.82, 2.24) is 26.6 Å². The second kappa shape index (κ2) is 24.4. The van der Waals surface area contributed by atoms with E-state index < -0.39 is 72.6 Å². The predicted molar refractivity (Wildman–Crippen MR) is 217 cm³/mol. The van der Waals surface area contributed by atoms with Crippen molar-refractivity contribution in [2.45, 2.75) is 95.9 Å². The average Bonchev–Trinajstić information content (AvgIpc) is 3.19. The van der Waals surface area contributed by atoms with Crippen LogP contribution in [0, 0.1) is 0 Å². The zero-order chi connectivity index (χ0) is 43.2. The largest absolute Gasteiger partial charge is 0.508 e. The van der Waals surface area contributed by atoms with Crippen LogP contribution in [-0.2, 0) is 44.7 Å². The highest BCUT2D eigenvalue weighted by Crippen LogP contribution is 2.21. The van der Waals surface area contributed by atoms with Crippen molar-refractivity contribution < 1.29 is 53.2 Å². The Morgan fingerprint density at radius 1 is 0.661 bits per heavy atom. The maximum absolute atomic E-state index is 13.7. The van der Waals surface area contributed by atoms with Gasteiger partial charge in [-0.1, -0.05) is 72.8 Å². The molecular formula is C43H55N5O11. The number of unbranched alkanes of at least 4 members (excludes halogenated alkanes) is 2. The standard InChI is InChI=1S/C43H55N5O11/c1-43(2,3)59-42(57)47-34(26-29-21-23-32(49)24-22-29)41(56)46-33(18-12-13-25-44-35(50)19-10-11-20-37(52)53)40(55)45-27-38(54)58-28-36(51)48-39(30-14-6-4-7-15-30)31-16-8-5-9-17-31/h4-9,14-17,21-24,33-34,39,49H,10-13,18-20,25-28H2,1-3H3,(H,44,50)(H,45,55)(H,46,56)(H,47,57)(H,48,51)(H,52,53)/t33-,34-/m0/s1. The van der Waals surface area contributed by atoms with E-state index in [-0.39, 0.29) is 43.9 Å². The number of phenolic OH excluding ortho intramolecular Hbond substituents is 1. The Balaban J connectivity index is 1.64. The Morgan fingerprint density at radius 3 is 1.86 bits per heavy atom. The third-order valence-electron chi connectivity index (χ3n) is 8.65. The van der Waals surface area contributed by atoms with E-state index in [1.165, 1.54) is 12.1 Å². The first-order valence-electron chi connectivity index (χ1n) is 19.5. The number of benzene rings is 3. The first-order valence-corrected chi connectivity index (χ1v) is 19.5. The summed E-state index contributed by atoms with van der Waals surface area (Å²) >= 11 is 0. The van der Waals surface area contributed by atoms with Crippen molar-refractivity contribution in [2.24, 2.45) is 0 Å². The smallest absolute Gasteiger partial charge is 0.408 e. The van der Waals surface area contributed by atoms with Crippen LogP contribution < -0.4 is 26.6 Å². The van der Waals surface area contributed by atoms with Crippen LogP contribution in [0.5, 0.6) is 5.75 Å². The molecule has 3 aromatic carbocycles. The van der Waals surface area contributed by atoms with Gasteiger partial charge in [0.25, 0.3) is 5.91 Å². The normalized spacial score (nSPS) is 12.0. The molecule has 0 heterocycles. The molecule has 0 spiro atoms. The summed E-state index contributed by atoms with van der Waals surface area (Å²) in [6, 6.07) is 21.6. The molecule has 0 saturated heterocycles. The number of rotatable bonds is 23. The van der Waals surface area contributed by atoms with Gasteiger partial charge in [-0.05, 0) is 81.7 Å². The summed E-state index contributed by atoms with van der Waals surface area (Å²) in [5.74, 6) is -4.12. The number of aromatic hydroxyl groups is 1. The molecule has 16 heteroatoms. The molecule has 2 atom stereocenters. The Hall–Kier alpha value is -6.45. The number of carboxylic acids is 1. The van der Waals surface area contributed by atoms with E-state index in [1.807, 2.05) is 60.7 Å². The Bertz CT molecular complexity index is 1790. The second-order valence-corrected chi connectivity index (χ2v) is 14.8. The lowest BCUT2D eigenvalue weighted by Gasteiger charge is -2.25. The van der Waals surface area contributed by atoms with E-state index in [4.69, 9.17) is 14.6 Å². The van der Waals surface area contributed by atoms with Crippen molar-refractivity contribution in [3.8, 4) is 5.75 Å². The Labute approximate surface area is 343 Å². The van der Waals surface area contributed by atoms with Crippen LogP contribution in [-0.4, -0.2) is 89.3 Å². The van der Waals surface area contributed by atoms with Gasteiger partial charge in [-0.15, -0.1) is 0 Å². The maximum atomic E-state index is 13.7. The molecule has 0 fully saturated rings. The molecule has 3 rings (SSSR count). The lowest BCUT2D eigenvalue weighted by Crippen LogP contribution is -2.55. The van der Waals surface area contributed by atoms with Crippen molar-refractivity contribution in [1.29, 1.82) is 0 Å². The number of aliphatic carboxylic acids is 1. The number of carboxylic acid groups (broad SMARTS) is 1. The van der Waals surface area contributed by atoms with Gasteiger partial charge in [0.2, 0.25) is 17.7 Å². The molecule has 0 aliphatic heterocycles. The highest BCUT2D eigenvalue weighted by molar-refractivity contribution is 5.92. The topological polar surface area (TPSA) is 239 Å². The molecule has 0 radical (unpaired) electrons. The monoisotopic (exact) mass is 817 g/mol. The van der Waals surface area contributed by atoms with Gasteiger partial charge in [-0.25, -0.2) is 4.79 Å². The molecule has 5 amide bonds. The number of nitrogens with one attached hydrogen (secondary N) is 5. The number of amides is 5. The number of phenols is 1. The molecule has 3 aromatic rings. The van der Waals surface area contributed by atoms with E-state index in [1.54, 1.807) is 32.9 Å². The third-order valence-corrected chi connectivity index (χ3v) is 8.65. The minimum Gasteiger partial charge on any atom is -0.508 e. The van der Waals surface area contributed by atoms with Crippen LogP contribution >= 0.6 is 0 Å².